The Hall–Kier alpha value is -0.900. The molecule has 1 aromatic rings. The van der Waals surface area contributed by atoms with E-state index in [-0.39, 0.29) is 17.9 Å². The zero-order chi connectivity index (χ0) is 10.1. The van der Waals surface area contributed by atoms with E-state index in [1.54, 1.807) is 6.07 Å². The Labute approximate surface area is 89.2 Å². The maximum Gasteiger partial charge on any atom is 0.306 e. The molecule has 1 aromatic carbocycles. The van der Waals surface area contributed by atoms with Crippen LogP contribution in [0.2, 0.25) is 0 Å². The number of benzene rings is 1. The molecule has 2 rings (SSSR count). The first kappa shape index (κ1) is 9.65. The average molecular weight is 259 g/mol. The predicted molar refractivity (Wildman–Crippen MR) is 52.2 cm³/mol. The number of carbonyl (C=O) groups excluding carboxylic acids is 1. The standard InChI is InChI=1S/C10H8BrFO2/c11-8-5-6(12)1-2-7(8)9-3-4-10(13)14-9/h1-2,5,9H,3-4H2. The topological polar surface area (TPSA) is 26.3 Å². The highest BCUT2D eigenvalue weighted by Crippen LogP contribution is 2.34. The first-order chi connectivity index (χ1) is 6.66. The SMILES string of the molecule is O=C1CCC(c2ccc(F)cc2Br)O1. The van der Waals surface area contributed by atoms with E-state index in [2.05, 4.69) is 15.9 Å². The molecular weight excluding hydrogens is 251 g/mol. The summed E-state index contributed by atoms with van der Waals surface area (Å²) >= 11 is 3.25. The molecule has 0 aromatic heterocycles. The predicted octanol–water partition coefficient (Wildman–Crippen LogP) is 2.97. The molecular formula is C10H8BrFO2. The molecule has 0 amide bonds. The second-order valence-electron chi connectivity index (χ2n) is 3.18. The molecule has 0 saturated carbocycles. The molecule has 1 aliphatic rings. The van der Waals surface area contributed by atoms with Crippen LogP contribution in [-0.2, 0) is 9.53 Å². The van der Waals surface area contributed by atoms with Crippen molar-refractivity contribution in [2.24, 2.45) is 0 Å². The van der Waals surface area contributed by atoms with Gasteiger partial charge in [-0.05, 0) is 18.6 Å². The molecule has 1 atom stereocenters. The smallest absolute Gasteiger partial charge is 0.306 e. The molecule has 1 unspecified atom stereocenters. The Morgan fingerprint density at radius 2 is 2.29 bits per heavy atom. The van der Waals surface area contributed by atoms with E-state index in [1.807, 2.05) is 0 Å². The van der Waals surface area contributed by atoms with Gasteiger partial charge in [-0.25, -0.2) is 4.39 Å². The summed E-state index contributed by atoms with van der Waals surface area (Å²) in [6.07, 6.45) is 0.884. The van der Waals surface area contributed by atoms with Crippen molar-refractivity contribution in [2.75, 3.05) is 0 Å². The van der Waals surface area contributed by atoms with Crippen molar-refractivity contribution in [1.82, 2.24) is 0 Å². The fourth-order valence-corrected chi connectivity index (χ4v) is 2.11. The quantitative estimate of drug-likeness (QED) is 0.725. The van der Waals surface area contributed by atoms with Crippen molar-refractivity contribution >= 4 is 21.9 Å². The molecule has 1 heterocycles. The Morgan fingerprint density at radius 1 is 1.50 bits per heavy atom. The molecule has 0 bridgehead atoms. The van der Waals surface area contributed by atoms with Crippen LogP contribution in [0.3, 0.4) is 0 Å². The van der Waals surface area contributed by atoms with Crippen LogP contribution in [-0.4, -0.2) is 5.97 Å². The number of carbonyl (C=O) groups is 1. The van der Waals surface area contributed by atoms with Crippen LogP contribution in [0.5, 0.6) is 0 Å². The third-order valence-electron chi connectivity index (χ3n) is 2.19. The summed E-state index contributed by atoms with van der Waals surface area (Å²) in [5.74, 6) is -0.490. The van der Waals surface area contributed by atoms with Crippen LogP contribution in [0, 0.1) is 5.82 Å². The minimum absolute atomic E-state index is 0.189. The van der Waals surface area contributed by atoms with E-state index in [4.69, 9.17) is 4.74 Å². The van der Waals surface area contributed by atoms with Crippen molar-refractivity contribution < 1.29 is 13.9 Å². The van der Waals surface area contributed by atoms with Gasteiger partial charge in [0.05, 0.1) is 0 Å². The van der Waals surface area contributed by atoms with Gasteiger partial charge >= 0.3 is 5.97 Å². The summed E-state index contributed by atoms with van der Waals surface area (Å²) in [6, 6.07) is 4.39. The van der Waals surface area contributed by atoms with Gasteiger partial charge in [0.15, 0.2) is 0 Å². The van der Waals surface area contributed by atoms with Crippen LogP contribution < -0.4 is 0 Å². The summed E-state index contributed by atoms with van der Waals surface area (Å²) in [6.45, 7) is 0. The zero-order valence-corrected chi connectivity index (χ0v) is 8.88. The van der Waals surface area contributed by atoms with Gasteiger partial charge in [-0.1, -0.05) is 22.0 Å². The van der Waals surface area contributed by atoms with Crippen LogP contribution in [0.25, 0.3) is 0 Å². The van der Waals surface area contributed by atoms with Gasteiger partial charge in [0, 0.05) is 16.5 Å². The van der Waals surface area contributed by atoms with Gasteiger partial charge in [-0.15, -0.1) is 0 Å². The summed E-state index contributed by atoms with van der Waals surface area (Å²) in [7, 11) is 0. The summed E-state index contributed by atoms with van der Waals surface area (Å²) in [5, 5.41) is 0. The lowest BCUT2D eigenvalue weighted by Crippen LogP contribution is -1.99. The molecule has 1 fully saturated rings. The minimum atomic E-state index is -0.301. The summed E-state index contributed by atoms with van der Waals surface area (Å²) < 4.78 is 18.5. The lowest BCUT2D eigenvalue weighted by Gasteiger charge is -2.11. The highest BCUT2D eigenvalue weighted by Gasteiger charge is 2.26. The van der Waals surface area contributed by atoms with E-state index < -0.39 is 0 Å². The van der Waals surface area contributed by atoms with Crippen molar-refractivity contribution in [2.45, 2.75) is 18.9 Å². The maximum absolute atomic E-state index is 12.8. The monoisotopic (exact) mass is 258 g/mol. The molecule has 2 nitrogen and oxygen atoms in total. The second-order valence-corrected chi connectivity index (χ2v) is 4.04. The van der Waals surface area contributed by atoms with E-state index >= 15 is 0 Å². The minimum Gasteiger partial charge on any atom is -0.457 e. The number of esters is 1. The number of hydrogen-bond acceptors (Lipinski definition) is 2. The van der Waals surface area contributed by atoms with E-state index in [0.29, 0.717) is 17.3 Å². The number of halogens is 2. The summed E-state index contributed by atoms with van der Waals surface area (Å²) in [4.78, 5) is 10.9. The molecule has 0 radical (unpaired) electrons. The normalized spacial score (nSPS) is 21.0. The Morgan fingerprint density at radius 3 is 2.86 bits per heavy atom. The molecule has 4 heteroatoms. The van der Waals surface area contributed by atoms with Crippen LogP contribution in [0.15, 0.2) is 22.7 Å². The lowest BCUT2D eigenvalue weighted by molar-refractivity contribution is -0.141. The Kier molecular flexibility index (Phi) is 2.54. The van der Waals surface area contributed by atoms with Crippen molar-refractivity contribution in [3.05, 3.63) is 34.1 Å². The highest BCUT2D eigenvalue weighted by atomic mass is 79.9. The Bertz CT molecular complexity index is 378. The number of cyclic esters (lactones) is 1. The van der Waals surface area contributed by atoms with Crippen molar-refractivity contribution in [3.63, 3.8) is 0 Å². The zero-order valence-electron chi connectivity index (χ0n) is 7.30. The van der Waals surface area contributed by atoms with E-state index in [1.165, 1.54) is 12.1 Å². The highest BCUT2D eigenvalue weighted by molar-refractivity contribution is 9.10. The van der Waals surface area contributed by atoms with Crippen LogP contribution in [0.4, 0.5) is 4.39 Å². The van der Waals surface area contributed by atoms with Gasteiger partial charge in [0.25, 0.3) is 0 Å². The molecule has 0 N–H and O–H groups in total. The van der Waals surface area contributed by atoms with Gasteiger partial charge in [-0.3, -0.25) is 4.79 Å². The maximum atomic E-state index is 12.8. The molecule has 0 aliphatic carbocycles. The third-order valence-corrected chi connectivity index (χ3v) is 2.88. The first-order valence-electron chi connectivity index (χ1n) is 4.31. The van der Waals surface area contributed by atoms with Gasteiger partial charge in [0.2, 0.25) is 0 Å². The molecule has 14 heavy (non-hydrogen) atoms. The van der Waals surface area contributed by atoms with Gasteiger partial charge in [-0.2, -0.15) is 0 Å². The van der Waals surface area contributed by atoms with E-state index in [9.17, 15) is 9.18 Å². The van der Waals surface area contributed by atoms with E-state index in [0.717, 1.165) is 5.56 Å². The number of rotatable bonds is 1. The third kappa shape index (κ3) is 1.80. The first-order valence-corrected chi connectivity index (χ1v) is 5.10. The van der Waals surface area contributed by atoms with Crippen molar-refractivity contribution in [3.8, 4) is 0 Å². The lowest BCUT2D eigenvalue weighted by atomic mass is 10.1. The van der Waals surface area contributed by atoms with Gasteiger partial charge < -0.3 is 4.74 Å². The average Bonchev–Trinajstić information content (AvgIpc) is 2.51. The largest absolute Gasteiger partial charge is 0.457 e. The van der Waals surface area contributed by atoms with Crippen molar-refractivity contribution in [1.29, 1.82) is 0 Å². The fourth-order valence-electron chi connectivity index (χ4n) is 1.51. The fraction of sp³-hybridized carbons (Fsp3) is 0.300. The van der Waals surface area contributed by atoms with Crippen LogP contribution in [0.1, 0.15) is 24.5 Å². The van der Waals surface area contributed by atoms with Crippen LogP contribution >= 0.6 is 15.9 Å². The molecule has 74 valence electrons. The molecule has 1 saturated heterocycles. The number of hydrogen-bond donors (Lipinski definition) is 0. The number of ether oxygens (including phenoxy) is 1. The Balaban J connectivity index is 2.28. The summed E-state index contributed by atoms with van der Waals surface area (Å²) in [5.41, 5.74) is 0.831. The molecule has 0 spiro atoms. The second kappa shape index (κ2) is 3.69. The van der Waals surface area contributed by atoms with Gasteiger partial charge in [0.1, 0.15) is 11.9 Å². The molecule has 1 aliphatic heterocycles.